The minimum absolute atomic E-state index is 0.642. The van der Waals surface area contributed by atoms with Gasteiger partial charge in [0.2, 0.25) is 0 Å². The normalized spacial score (nSPS) is 24.4. The van der Waals surface area contributed by atoms with Crippen molar-refractivity contribution >= 4 is 0 Å². The predicted octanol–water partition coefficient (Wildman–Crippen LogP) is 1.33. The van der Waals surface area contributed by atoms with Crippen molar-refractivity contribution in [3.05, 3.63) is 17.8 Å². The van der Waals surface area contributed by atoms with Gasteiger partial charge in [-0.15, -0.1) is 0 Å². The molecule has 0 N–H and O–H groups in total. The third kappa shape index (κ3) is 0.312. The molecule has 0 saturated carbocycles. The van der Waals surface area contributed by atoms with Gasteiger partial charge in [-0.2, -0.15) is 0 Å². The Morgan fingerprint density at radius 1 is 1.88 bits per heavy atom. The zero-order chi connectivity index (χ0) is 5.56. The van der Waals surface area contributed by atoms with Crippen LogP contribution < -0.4 is 0 Å². The first-order chi connectivity index (χ1) is 3.88. The van der Waals surface area contributed by atoms with Gasteiger partial charge in [0.1, 0.15) is 5.76 Å². The van der Waals surface area contributed by atoms with Crippen LogP contribution in [0.2, 0.25) is 0 Å². The van der Waals surface area contributed by atoms with Crippen LogP contribution in [0.1, 0.15) is 24.3 Å². The highest BCUT2D eigenvalue weighted by Crippen LogP contribution is 2.32. The van der Waals surface area contributed by atoms with Gasteiger partial charge < -0.3 is 4.42 Å². The van der Waals surface area contributed by atoms with E-state index >= 15 is 0 Å². The summed E-state index contributed by atoms with van der Waals surface area (Å²) in [6.07, 6.45) is 2.60. The summed E-state index contributed by atoms with van der Waals surface area (Å²) in [5.74, 6) is 1.72. The largest absolute Gasteiger partial charge is 0.448 e. The lowest BCUT2D eigenvalue weighted by Gasteiger charge is -2.16. The molecule has 8 heavy (non-hydrogen) atoms. The highest BCUT2D eigenvalue weighted by molar-refractivity contribution is 5.24. The molecule has 42 valence electrons. The molecule has 0 saturated heterocycles. The molecule has 2 heteroatoms. The highest BCUT2D eigenvalue weighted by atomic mass is 16.3. The van der Waals surface area contributed by atoms with E-state index < -0.39 is 0 Å². The van der Waals surface area contributed by atoms with Crippen molar-refractivity contribution in [3.63, 3.8) is 0 Å². The summed E-state index contributed by atoms with van der Waals surface area (Å²) in [5.41, 5.74) is 1.16. The first kappa shape index (κ1) is 4.13. The molecule has 0 radical (unpaired) electrons. The second-order valence-corrected chi connectivity index (χ2v) is 2.27. The van der Waals surface area contributed by atoms with E-state index in [1.54, 1.807) is 0 Å². The molecule has 0 bridgehead atoms. The summed E-state index contributed by atoms with van der Waals surface area (Å²) >= 11 is 0. The fraction of sp³-hybridized carbons (Fsp3) is 0.500. The van der Waals surface area contributed by atoms with Gasteiger partial charge in [-0.25, -0.2) is 4.98 Å². The van der Waals surface area contributed by atoms with Gasteiger partial charge in [0, 0.05) is 12.3 Å². The molecule has 1 heterocycles. The Balaban J connectivity index is 2.53. The maximum atomic E-state index is 5.01. The fourth-order valence-corrected chi connectivity index (χ4v) is 1.08. The SMILES string of the molecule is C[C@H]1Cc2ocnc21. The number of hydrogen-bond acceptors (Lipinski definition) is 2. The summed E-state index contributed by atoms with van der Waals surface area (Å²) in [4.78, 5) is 4.02. The summed E-state index contributed by atoms with van der Waals surface area (Å²) in [5, 5.41) is 0. The van der Waals surface area contributed by atoms with E-state index in [1.807, 2.05) is 0 Å². The van der Waals surface area contributed by atoms with Gasteiger partial charge in [0.05, 0.1) is 5.69 Å². The Bertz CT molecular complexity index is 204. The van der Waals surface area contributed by atoms with Gasteiger partial charge in [-0.05, 0) is 0 Å². The average Bonchev–Trinajstić information content (AvgIpc) is 2.09. The zero-order valence-electron chi connectivity index (χ0n) is 4.72. The highest BCUT2D eigenvalue weighted by Gasteiger charge is 2.26. The number of rotatable bonds is 0. The Morgan fingerprint density at radius 3 is 3.25 bits per heavy atom. The molecule has 0 amide bonds. The first-order valence-electron chi connectivity index (χ1n) is 2.80. The van der Waals surface area contributed by atoms with Crippen molar-refractivity contribution in [2.24, 2.45) is 0 Å². The van der Waals surface area contributed by atoms with E-state index in [4.69, 9.17) is 4.42 Å². The quantitative estimate of drug-likeness (QED) is 0.502. The van der Waals surface area contributed by atoms with Gasteiger partial charge in [0.25, 0.3) is 0 Å². The van der Waals surface area contributed by atoms with Crippen LogP contribution >= 0.6 is 0 Å². The summed E-state index contributed by atoms with van der Waals surface area (Å²) in [7, 11) is 0. The summed E-state index contributed by atoms with van der Waals surface area (Å²) < 4.78 is 5.01. The fourth-order valence-electron chi connectivity index (χ4n) is 1.08. The molecule has 1 aliphatic carbocycles. The van der Waals surface area contributed by atoms with Crippen LogP contribution in [0.5, 0.6) is 0 Å². The van der Waals surface area contributed by atoms with Crippen molar-refractivity contribution < 1.29 is 4.42 Å². The van der Waals surface area contributed by atoms with Crippen molar-refractivity contribution in [1.29, 1.82) is 0 Å². The molecule has 2 nitrogen and oxygen atoms in total. The van der Waals surface area contributed by atoms with E-state index in [1.165, 1.54) is 6.39 Å². The van der Waals surface area contributed by atoms with Gasteiger partial charge in [0.15, 0.2) is 6.39 Å². The lowest BCUT2D eigenvalue weighted by Crippen LogP contribution is -2.11. The number of nitrogens with zero attached hydrogens (tertiary/aromatic N) is 1. The predicted molar refractivity (Wildman–Crippen MR) is 28.6 cm³/mol. The van der Waals surface area contributed by atoms with Gasteiger partial charge in [-0.1, -0.05) is 6.92 Å². The van der Waals surface area contributed by atoms with Crippen LogP contribution in [0.15, 0.2) is 10.8 Å². The second-order valence-electron chi connectivity index (χ2n) is 2.27. The molecule has 1 aromatic heterocycles. The molecular weight excluding hydrogens is 102 g/mol. The summed E-state index contributed by atoms with van der Waals surface area (Å²) in [6, 6.07) is 0. The van der Waals surface area contributed by atoms with Gasteiger partial charge in [-0.3, -0.25) is 0 Å². The molecule has 0 aliphatic heterocycles. The van der Waals surface area contributed by atoms with E-state index in [2.05, 4.69) is 11.9 Å². The Morgan fingerprint density at radius 2 is 2.75 bits per heavy atom. The van der Waals surface area contributed by atoms with E-state index in [0.29, 0.717) is 5.92 Å². The van der Waals surface area contributed by atoms with Crippen LogP contribution in [0, 0.1) is 0 Å². The van der Waals surface area contributed by atoms with Crippen LogP contribution in [0.3, 0.4) is 0 Å². The monoisotopic (exact) mass is 109 g/mol. The van der Waals surface area contributed by atoms with Crippen molar-refractivity contribution in [3.8, 4) is 0 Å². The van der Waals surface area contributed by atoms with Crippen molar-refractivity contribution in [2.75, 3.05) is 0 Å². The van der Waals surface area contributed by atoms with Crippen molar-refractivity contribution in [1.82, 2.24) is 4.98 Å². The lowest BCUT2D eigenvalue weighted by atomic mass is 9.89. The number of oxazole rings is 1. The Labute approximate surface area is 47.5 Å². The van der Waals surface area contributed by atoms with Crippen LogP contribution in [0.4, 0.5) is 0 Å². The Hall–Kier alpha value is -0.790. The maximum Gasteiger partial charge on any atom is 0.181 e. The third-order valence-corrected chi connectivity index (χ3v) is 1.63. The molecular formula is C6H7NO. The molecule has 1 aliphatic rings. The summed E-state index contributed by atoms with van der Waals surface area (Å²) in [6.45, 7) is 2.16. The third-order valence-electron chi connectivity index (χ3n) is 1.63. The number of aromatic nitrogens is 1. The van der Waals surface area contributed by atoms with Crippen LogP contribution in [0.25, 0.3) is 0 Å². The molecule has 0 spiro atoms. The zero-order valence-corrected chi connectivity index (χ0v) is 4.72. The van der Waals surface area contributed by atoms with Gasteiger partial charge >= 0.3 is 0 Å². The minimum atomic E-state index is 0.642. The maximum absolute atomic E-state index is 5.01. The first-order valence-corrected chi connectivity index (χ1v) is 2.80. The topological polar surface area (TPSA) is 26.0 Å². The Kier molecular flexibility index (Phi) is 0.583. The van der Waals surface area contributed by atoms with E-state index in [0.717, 1.165) is 17.9 Å². The lowest BCUT2D eigenvalue weighted by molar-refractivity contribution is 0.450. The van der Waals surface area contributed by atoms with Crippen LogP contribution in [-0.4, -0.2) is 4.98 Å². The molecule has 0 unspecified atom stereocenters. The molecule has 1 aromatic rings. The minimum Gasteiger partial charge on any atom is -0.448 e. The second kappa shape index (κ2) is 1.13. The molecule has 1 atom stereocenters. The standard InChI is InChI=1S/C6H7NO/c1-4-2-5-6(4)7-3-8-5/h3-4H,2H2,1H3/t4-/m0/s1. The van der Waals surface area contributed by atoms with Crippen LogP contribution in [-0.2, 0) is 6.42 Å². The van der Waals surface area contributed by atoms with E-state index in [-0.39, 0.29) is 0 Å². The number of hydrogen-bond donors (Lipinski definition) is 0. The number of fused-ring (bicyclic) bond motifs is 1. The van der Waals surface area contributed by atoms with E-state index in [9.17, 15) is 0 Å². The smallest absolute Gasteiger partial charge is 0.181 e. The average molecular weight is 109 g/mol. The van der Waals surface area contributed by atoms with Crippen molar-refractivity contribution in [2.45, 2.75) is 19.3 Å². The molecule has 0 fully saturated rings. The molecule has 0 aromatic carbocycles. The molecule has 2 rings (SSSR count).